The van der Waals surface area contributed by atoms with Gasteiger partial charge in [-0.25, -0.2) is 9.78 Å². The van der Waals surface area contributed by atoms with E-state index in [1.54, 1.807) is 23.2 Å². The van der Waals surface area contributed by atoms with Crippen LogP contribution in [0.1, 0.15) is 12.5 Å². The van der Waals surface area contributed by atoms with Gasteiger partial charge in [-0.05, 0) is 37.3 Å². The van der Waals surface area contributed by atoms with Crippen LogP contribution in [-0.2, 0) is 6.18 Å². The lowest BCUT2D eigenvalue weighted by molar-refractivity contribution is -0.138. The number of pyridine rings is 1. The summed E-state index contributed by atoms with van der Waals surface area (Å²) in [5.74, 6) is 0.652. The summed E-state index contributed by atoms with van der Waals surface area (Å²) in [4.78, 5) is 20.4. The highest BCUT2D eigenvalue weighted by Crippen LogP contribution is 2.36. The first-order valence-corrected chi connectivity index (χ1v) is 9.63. The van der Waals surface area contributed by atoms with Gasteiger partial charge in [0.25, 0.3) is 0 Å². The highest BCUT2D eigenvalue weighted by Gasteiger charge is 2.34. The maximum Gasteiger partial charge on any atom is 0.417 e. The molecule has 2 aromatic rings. The number of halogens is 5. The maximum absolute atomic E-state index is 13.0. The molecule has 1 fully saturated rings. The van der Waals surface area contributed by atoms with Crippen LogP contribution in [0.4, 0.5) is 29.5 Å². The number of piperazine rings is 1. The van der Waals surface area contributed by atoms with E-state index in [9.17, 15) is 18.0 Å². The van der Waals surface area contributed by atoms with Gasteiger partial charge in [0.15, 0.2) is 0 Å². The fourth-order valence-corrected chi connectivity index (χ4v) is 3.79. The summed E-state index contributed by atoms with van der Waals surface area (Å²) in [6.45, 7) is 3.29. The van der Waals surface area contributed by atoms with Gasteiger partial charge >= 0.3 is 12.2 Å². The average molecular weight is 478 g/mol. The molecule has 0 unspecified atom stereocenters. The van der Waals surface area contributed by atoms with Crippen molar-refractivity contribution in [2.75, 3.05) is 29.9 Å². The fourth-order valence-electron chi connectivity index (χ4n) is 3.08. The summed E-state index contributed by atoms with van der Waals surface area (Å²) < 4.78 is 39.1. The van der Waals surface area contributed by atoms with Crippen LogP contribution >= 0.6 is 27.5 Å². The molecule has 0 aliphatic carbocycles. The maximum atomic E-state index is 13.0. The minimum Gasteiger partial charge on any atom is -0.352 e. The Morgan fingerprint density at radius 3 is 2.71 bits per heavy atom. The Morgan fingerprint density at radius 2 is 2.07 bits per heavy atom. The molecule has 1 aromatic heterocycles. The number of anilines is 2. The minimum absolute atomic E-state index is 0.0766. The topological polar surface area (TPSA) is 48.5 Å². The van der Waals surface area contributed by atoms with E-state index < -0.39 is 17.8 Å². The molecule has 150 valence electrons. The Kier molecular flexibility index (Phi) is 6.04. The standard InChI is InChI=1S/C18H17BrClF3N4O/c1-11-10-26(16-15(20)3-2-6-24-16)7-8-27(11)17(28)25-12-4-5-14(19)13(9-12)18(21,22)23/h2-6,9,11H,7-8,10H2,1H3,(H,25,28)/t11-/m1/s1. The first-order chi connectivity index (χ1) is 13.2. The average Bonchev–Trinajstić information content (AvgIpc) is 2.62. The molecule has 1 saturated heterocycles. The number of aromatic nitrogens is 1. The molecule has 2 heterocycles. The number of nitrogens with one attached hydrogen (secondary N) is 1. The molecule has 2 amide bonds. The van der Waals surface area contributed by atoms with Gasteiger partial charge in [-0.1, -0.05) is 27.5 Å². The molecule has 3 rings (SSSR count). The van der Waals surface area contributed by atoms with Gasteiger partial charge in [-0.3, -0.25) is 0 Å². The minimum atomic E-state index is -4.51. The monoisotopic (exact) mass is 476 g/mol. The quantitative estimate of drug-likeness (QED) is 0.642. The van der Waals surface area contributed by atoms with Gasteiger partial charge in [0.05, 0.1) is 10.6 Å². The van der Waals surface area contributed by atoms with Crippen molar-refractivity contribution < 1.29 is 18.0 Å². The molecular weight excluding hydrogens is 461 g/mol. The van der Waals surface area contributed by atoms with Gasteiger partial charge < -0.3 is 15.1 Å². The number of carbonyl (C=O) groups excluding carboxylic acids is 1. The number of amides is 2. The van der Waals surface area contributed by atoms with Gasteiger partial charge in [0, 0.05) is 42.0 Å². The van der Waals surface area contributed by atoms with E-state index in [2.05, 4.69) is 26.2 Å². The lowest BCUT2D eigenvalue weighted by Gasteiger charge is -2.40. The Balaban J connectivity index is 1.69. The molecule has 0 bridgehead atoms. The number of benzene rings is 1. The van der Waals surface area contributed by atoms with Gasteiger partial charge in [0.1, 0.15) is 5.82 Å². The van der Waals surface area contributed by atoms with E-state index in [-0.39, 0.29) is 16.2 Å². The largest absolute Gasteiger partial charge is 0.417 e. The molecule has 0 spiro atoms. The summed E-state index contributed by atoms with van der Waals surface area (Å²) >= 11 is 9.07. The SMILES string of the molecule is C[C@@H]1CN(c2ncccc2Cl)CCN1C(=O)Nc1ccc(Br)c(C(F)(F)F)c1. The van der Waals surface area contributed by atoms with Gasteiger partial charge in [-0.15, -0.1) is 0 Å². The van der Waals surface area contributed by atoms with Crippen LogP contribution in [0.2, 0.25) is 5.02 Å². The Hall–Kier alpha value is -2.00. The van der Waals surface area contributed by atoms with Crippen LogP contribution in [-0.4, -0.2) is 41.6 Å². The zero-order valence-corrected chi connectivity index (χ0v) is 17.1. The Morgan fingerprint density at radius 1 is 1.32 bits per heavy atom. The first kappa shape index (κ1) is 20.7. The molecule has 1 aliphatic rings. The summed E-state index contributed by atoms with van der Waals surface area (Å²) in [5, 5.41) is 3.08. The highest BCUT2D eigenvalue weighted by atomic mass is 79.9. The summed E-state index contributed by atoms with van der Waals surface area (Å²) in [6, 6.07) is 6.47. The number of alkyl halides is 3. The number of urea groups is 1. The van der Waals surface area contributed by atoms with Crippen LogP contribution in [0.3, 0.4) is 0 Å². The van der Waals surface area contributed by atoms with Crippen LogP contribution in [0, 0.1) is 0 Å². The van der Waals surface area contributed by atoms with E-state index in [4.69, 9.17) is 11.6 Å². The summed E-state index contributed by atoms with van der Waals surface area (Å²) in [7, 11) is 0. The van der Waals surface area contributed by atoms with Gasteiger partial charge in [-0.2, -0.15) is 13.2 Å². The number of rotatable bonds is 2. The molecule has 0 saturated carbocycles. The van der Waals surface area contributed by atoms with Crippen LogP contribution in [0.25, 0.3) is 0 Å². The molecule has 1 atom stereocenters. The van der Waals surface area contributed by atoms with E-state index in [0.717, 1.165) is 6.07 Å². The summed E-state index contributed by atoms with van der Waals surface area (Å²) in [6.07, 6.45) is -2.86. The van der Waals surface area contributed by atoms with Crippen molar-refractivity contribution in [2.45, 2.75) is 19.1 Å². The van der Waals surface area contributed by atoms with Crippen LogP contribution < -0.4 is 10.2 Å². The third-order valence-corrected chi connectivity index (χ3v) is 5.44. The van der Waals surface area contributed by atoms with Crippen molar-refractivity contribution in [2.24, 2.45) is 0 Å². The number of nitrogens with zero attached hydrogens (tertiary/aromatic N) is 3. The normalized spacial score (nSPS) is 17.6. The third-order valence-electron chi connectivity index (χ3n) is 4.45. The second kappa shape index (κ2) is 8.16. The van der Waals surface area contributed by atoms with Crippen molar-refractivity contribution in [1.29, 1.82) is 0 Å². The van der Waals surface area contributed by atoms with E-state index in [1.807, 2.05) is 11.8 Å². The summed E-state index contributed by atoms with van der Waals surface area (Å²) in [5.41, 5.74) is -0.754. The third kappa shape index (κ3) is 4.52. The van der Waals surface area contributed by atoms with Crippen molar-refractivity contribution in [3.8, 4) is 0 Å². The zero-order valence-electron chi connectivity index (χ0n) is 14.8. The molecule has 1 aliphatic heterocycles. The molecular formula is C18H17BrClF3N4O. The fraction of sp³-hybridized carbons (Fsp3) is 0.333. The lowest BCUT2D eigenvalue weighted by atomic mass is 10.2. The molecule has 1 aromatic carbocycles. The van der Waals surface area contributed by atoms with Crippen molar-refractivity contribution in [3.63, 3.8) is 0 Å². The lowest BCUT2D eigenvalue weighted by Crippen LogP contribution is -2.55. The van der Waals surface area contributed by atoms with Crippen LogP contribution in [0.5, 0.6) is 0 Å². The molecule has 1 N–H and O–H groups in total. The van der Waals surface area contributed by atoms with Crippen molar-refractivity contribution in [1.82, 2.24) is 9.88 Å². The molecule has 28 heavy (non-hydrogen) atoms. The highest BCUT2D eigenvalue weighted by molar-refractivity contribution is 9.10. The molecule has 0 radical (unpaired) electrons. The Labute approximate surface area is 173 Å². The van der Waals surface area contributed by atoms with Crippen molar-refractivity contribution >= 4 is 45.1 Å². The first-order valence-electron chi connectivity index (χ1n) is 8.46. The number of carbonyl (C=O) groups is 1. The Bertz CT molecular complexity index is 880. The molecule has 10 heteroatoms. The second-order valence-electron chi connectivity index (χ2n) is 6.42. The van der Waals surface area contributed by atoms with E-state index in [1.165, 1.54) is 12.1 Å². The number of hydrogen-bond acceptors (Lipinski definition) is 3. The number of hydrogen-bond donors (Lipinski definition) is 1. The smallest absolute Gasteiger partial charge is 0.352 e. The predicted octanol–water partition coefficient (Wildman–Crippen LogP) is 5.26. The van der Waals surface area contributed by atoms with Crippen molar-refractivity contribution in [3.05, 3.63) is 51.6 Å². The predicted molar refractivity (Wildman–Crippen MR) is 106 cm³/mol. The molecule has 5 nitrogen and oxygen atoms in total. The second-order valence-corrected chi connectivity index (χ2v) is 7.68. The zero-order chi connectivity index (χ0) is 20.5. The van der Waals surface area contributed by atoms with E-state index in [0.29, 0.717) is 30.5 Å². The van der Waals surface area contributed by atoms with Crippen LogP contribution in [0.15, 0.2) is 41.0 Å². The van der Waals surface area contributed by atoms with E-state index >= 15 is 0 Å². The van der Waals surface area contributed by atoms with Gasteiger partial charge in [0.2, 0.25) is 0 Å².